The number of piperidine rings is 1. The molecule has 2 aliphatic heterocycles. The van der Waals surface area contributed by atoms with E-state index in [0.717, 1.165) is 10.6 Å². The summed E-state index contributed by atoms with van der Waals surface area (Å²) < 4.78 is 0. The third-order valence-corrected chi connectivity index (χ3v) is 5.55. The normalized spacial score (nSPS) is 19.0. The number of likely N-dealkylation sites (tertiary alicyclic amines) is 1. The number of benzene rings is 1. The maximum atomic E-state index is 12.7. The highest BCUT2D eigenvalue weighted by Crippen LogP contribution is 2.28. The molecule has 0 unspecified atom stereocenters. The topological polar surface area (TPSA) is 91.4 Å². The second kappa shape index (κ2) is 5.96. The second-order valence-corrected chi connectivity index (χ2v) is 7.04. The number of carbonyl (C=O) groups excluding carboxylic acids is 3. The van der Waals surface area contributed by atoms with Crippen LogP contribution in [-0.2, 0) is 4.79 Å². The largest absolute Gasteiger partial charge is 0.337 e. The van der Waals surface area contributed by atoms with Crippen LogP contribution in [0.5, 0.6) is 0 Å². The number of imide groups is 1. The lowest BCUT2D eigenvalue weighted by Gasteiger charge is -2.36. The van der Waals surface area contributed by atoms with Gasteiger partial charge in [-0.3, -0.25) is 14.9 Å². The van der Waals surface area contributed by atoms with Gasteiger partial charge in [-0.15, -0.1) is 11.3 Å². The fourth-order valence-corrected chi connectivity index (χ4v) is 4.02. The first kappa shape index (κ1) is 15.8. The minimum absolute atomic E-state index is 0.141. The number of rotatable bonds is 2. The lowest BCUT2D eigenvalue weighted by atomic mass is 9.87. The Bertz CT molecular complexity index is 841. The van der Waals surface area contributed by atoms with Gasteiger partial charge in [-0.25, -0.2) is 9.78 Å². The smallest absolute Gasteiger partial charge is 0.322 e. The van der Waals surface area contributed by atoms with E-state index in [1.54, 1.807) is 10.3 Å². The first-order chi connectivity index (χ1) is 12.1. The number of hydrogen-bond donors (Lipinski definition) is 2. The van der Waals surface area contributed by atoms with Gasteiger partial charge in [-0.05, 0) is 12.8 Å². The summed E-state index contributed by atoms with van der Waals surface area (Å²) in [5, 5.41) is 7.53. The number of thiazole rings is 1. The first-order valence-corrected chi connectivity index (χ1v) is 8.89. The van der Waals surface area contributed by atoms with Gasteiger partial charge in [0.05, 0.1) is 0 Å². The molecule has 0 radical (unpaired) electrons. The summed E-state index contributed by atoms with van der Waals surface area (Å²) in [6, 6.07) is 9.26. The molecule has 2 fully saturated rings. The molecule has 1 spiro atoms. The van der Waals surface area contributed by atoms with Crippen molar-refractivity contribution in [1.29, 1.82) is 0 Å². The zero-order valence-electron chi connectivity index (χ0n) is 13.3. The van der Waals surface area contributed by atoms with Crippen molar-refractivity contribution in [2.75, 3.05) is 13.1 Å². The minimum Gasteiger partial charge on any atom is -0.337 e. The van der Waals surface area contributed by atoms with Crippen molar-refractivity contribution >= 4 is 29.2 Å². The van der Waals surface area contributed by atoms with Crippen molar-refractivity contribution in [3.8, 4) is 10.6 Å². The first-order valence-electron chi connectivity index (χ1n) is 8.01. The molecule has 0 atom stereocenters. The zero-order valence-corrected chi connectivity index (χ0v) is 14.1. The van der Waals surface area contributed by atoms with Crippen LogP contribution in [0.1, 0.15) is 23.3 Å². The number of hydrogen-bond acceptors (Lipinski definition) is 5. The molecule has 25 heavy (non-hydrogen) atoms. The van der Waals surface area contributed by atoms with Crippen LogP contribution in [0.4, 0.5) is 4.79 Å². The van der Waals surface area contributed by atoms with Crippen LogP contribution >= 0.6 is 11.3 Å². The predicted octanol–water partition coefficient (Wildman–Crippen LogP) is 1.62. The summed E-state index contributed by atoms with van der Waals surface area (Å²) in [5.41, 5.74) is 0.528. The Morgan fingerprint density at radius 2 is 1.88 bits per heavy atom. The summed E-state index contributed by atoms with van der Waals surface area (Å²) in [6.45, 7) is 0.815. The van der Waals surface area contributed by atoms with Gasteiger partial charge < -0.3 is 10.2 Å². The van der Waals surface area contributed by atoms with Gasteiger partial charge in [0.25, 0.3) is 11.8 Å². The van der Waals surface area contributed by atoms with Crippen LogP contribution in [0, 0.1) is 0 Å². The van der Waals surface area contributed by atoms with E-state index in [4.69, 9.17) is 0 Å². The molecule has 2 aromatic rings. The van der Waals surface area contributed by atoms with Crippen molar-refractivity contribution in [3.63, 3.8) is 0 Å². The SMILES string of the molecule is O=C1NC(=O)C2(CCN(C(=O)c3csc(-c4ccccc4)n3)CC2)N1. The van der Waals surface area contributed by atoms with E-state index < -0.39 is 11.6 Å². The van der Waals surface area contributed by atoms with Crippen LogP contribution in [-0.4, -0.2) is 46.4 Å². The van der Waals surface area contributed by atoms with E-state index in [9.17, 15) is 14.4 Å². The zero-order chi connectivity index (χ0) is 17.4. The minimum atomic E-state index is -0.870. The molecule has 7 nitrogen and oxygen atoms in total. The predicted molar refractivity (Wildman–Crippen MR) is 92.1 cm³/mol. The van der Waals surface area contributed by atoms with E-state index in [2.05, 4.69) is 15.6 Å². The molecule has 0 saturated carbocycles. The average molecular weight is 356 g/mol. The Morgan fingerprint density at radius 1 is 1.16 bits per heavy atom. The van der Waals surface area contributed by atoms with Gasteiger partial charge in [0, 0.05) is 24.0 Å². The third kappa shape index (κ3) is 2.78. The maximum absolute atomic E-state index is 12.7. The Kier molecular flexibility index (Phi) is 3.76. The number of amides is 4. The Balaban J connectivity index is 1.46. The van der Waals surface area contributed by atoms with Crippen LogP contribution in [0.25, 0.3) is 10.6 Å². The summed E-state index contributed by atoms with van der Waals surface area (Å²) in [7, 11) is 0. The van der Waals surface area contributed by atoms with E-state index in [1.807, 2.05) is 30.3 Å². The Labute approximate surface area is 148 Å². The molecule has 3 heterocycles. The van der Waals surface area contributed by atoms with Gasteiger partial charge in [-0.1, -0.05) is 30.3 Å². The van der Waals surface area contributed by atoms with E-state index >= 15 is 0 Å². The van der Waals surface area contributed by atoms with Crippen LogP contribution in [0.15, 0.2) is 35.7 Å². The Morgan fingerprint density at radius 3 is 2.52 bits per heavy atom. The van der Waals surface area contributed by atoms with Gasteiger partial charge in [-0.2, -0.15) is 0 Å². The number of urea groups is 1. The van der Waals surface area contributed by atoms with E-state index in [-0.39, 0.29) is 11.8 Å². The maximum Gasteiger partial charge on any atom is 0.322 e. The summed E-state index contributed by atoms with van der Waals surface area (Å²) >= 11 is 1.43. The highest BCUT2D eigenvalue weighted by atomic mass is 32.1. The molecule has 0 bridgehead atoms. The van der Waals surface area contributed by atoms with Crippen LogP contribution in [0.3, 0.4) is 0 Å². The molecule has 4 rings (SSSR count). The molecule has 2 aliphatic rings. The standard InChI is InChI=1S/C17H16N4O3S/c22-14(12-10-25-13(18-12)11-4-2-1-3-5-11)21-8-6-17(7-9-21)15(23)19-16(24)20-17/h1-5,10H,6-9H2,(H2,19,20,23,24). The Hall–Kier alpha value is -2.74. The molecule has 1 aromatic carbocycles. The number of aromatic nitrogens is 1. The van der Waals surface area contributed by atoms with Crippen LogP contribution < -0.4 is 10.6 Å². The summed E-state index contributed by atoms with van der Waals surface area (Å²) in [4.78, 5) is 42.1. The quantitative estimate of drug-likeness (QED) is 0.800. The van der Waals surface area contributed by atoms with Crippen molar-refractivity contribution in [1.82, 2.24) is 20.5 Å². The summed E-state index contributed by atoms with van der Waals surface area (Å²) in [6.07, 6.45) is 0.817. The van der Waals surface area contributed by atoms with Crippen molar-refractivity contribution in [2.24, 2.45) is 0 Å². The van der Waals surface area contributed by atoms with Gasteiger partial charge in [0.15, 0.2) is 0 Å². The monoisotopic (exact) mass is 356 g/mol. The third-order valence-electron chi connectivity index (χ3n) is 4.66. The highest BCUT2D eigenvalue weighted by Gasteiger charge is 2.48. The number of carbonyl (C=O) groups is 3. The fraction of sp³-hybridized carbons (Fsp3) is 0.294. The molecule has 4 amide bonds. The van der Waals surface area contributed by atoms with Crippen molar-refractivity contribution < 1.29 is 14.4 Å². The summed E-state index contributed by atoms with van der Waals surface area (Å²) in [5.74, 6) is -0.442. The van der Waals surface area contributed by atoms with Gasteiger partial charge >= 0.3 is 6.03 Å². The lowest BCUT2D eigenvalue weighted by molar-refractivity contribution is -0.125. The average Bonchev–Trinajstić information content (AvgIpc) is 3.21. The molecule has 0 aliphatic carbocycles. The molecule has 2 N–H and O–H groups in total. The van der Waals surface area contributed by atoms with Crippen LogP contribution in [0.2, 0.25) is 0 Å². The van der Waals surface area contributed by atoms with E-state index in [1.165, 1.54) is 11.3 Å². The molecule has 8 heteroatoms. The van der Waals surface area contributed by atoms with Crippen molar-refractivity contribution in [2.45, 2.75) is 18.4 Å². The number of nitrogens with zero attached hydrogens (tertiary/aromatic N) is 2. The van der Waals surface area contributed by atoms with E-state index in [0.29, 0.717) is 31.6 Å². The molecule has 1 aromatic heterocycles. The molecular formula is C17H16N4O3S. The molecule has 2 saturated heterocycles. The van der Waals surface area contributed by atoms with Gasteiger partial charge in [0.2, 0.25) is 0 Å². The van der Waals surface area contributed by atoms with Gasteiger partial charge in [0.1, 0.15) is 16.2 Å². The highest BCUT2D eigenvalue weighted by molar-refractivity contribution is 7.13. The molecular weight excluding hydrogens is 340 g/mol. The second-order valence-electron chi connectivity index (χ2n) is 6.19. The molecule has 128 valence electrons. The van der Waals surface area contributed by atoms with Crippen molar-refractivity contribution in [3.05, 3.63) is 41.4 Å². The lowest BCUT2D eigenvalue weighted by Crippen LogP contribution is -2.55. The fourth-order valence-electron chi connectivity index (χ4n) is 3.22. The number of nitrogens with one attached hydrogen (secondary N) is 2.